The van der Waals surface area contributed by atoms with Crippen molar-refractivity contribution in [2.75, 3.05) is 0 Å². The molecule has 0 radical (unpaired) electrons. The Balaban J connectivity index is 1.95. The van der Waals surface area contributed by atoms with Gasteiger partial charge in [-0.15, -0.1) is 0 Å². The first kappa shape index (κ1) is 11.1. The Hall–Kier alpha value is -2.42. The molecule has 0 saturated carbocycles. The second-order valence-electron chi connectivity index (χ2n) is 3.48. The molecule has 3 nitrogen and oxygen atoms in total. The fourth-order valence-corrected chi connectivity index (χ4v) is 1.36. The van der Waals surface area contributed by atoms with Crippen molar-refractivity contribution in [2.24, 2.45) is 5.10 Å². The molecule has 0 unspecified atom stereocenters. The van der Waals surface area contributed by atoms with Crippen LogP contribution in [0, 0.1) is 0 Å². The third kappa shape index (κ3) is 3.28. The molecule has 0 fully saturated rings. The molecule has 1 amide bonds. The number of nitrogens with one attached hydrogen (secondary N) is 1. The lowest BCUT2D eigenvalue weighted by Gasteiger charge is -1.98. The number of hydrogen-bond acceptors (Lipinski definition) is 2. The molecule has 2 rings (SSSR count). The number of benzene rings is 2. The topological polar surface area (TPSA) is 41.5 Å². The molecule has 0 aromatic heterocycles. The fraction of sp³-hybridized carbons (Fsp3) is 0. The van der Waals surface area contributed by atoms with Crippen molar-refractivity contribution in [3.05, 3.63) is 71.8 Å². The highest BCUT2D eigenvalue weighted by molar-refractivity contribution is 5.94. The number of nitrogens with zero attached hydrogens (tertiary/aromatic N) is 1. The zero-order valence-electron chi connectivity index (χ0n) is 9.21. The third-order valence-electron chi connectivity index (χ3n) is 2.22. The highest BCUT2D eigenvalue weighted by Crippen LogP contribution is 1.98. The van der Waals surface area contributed by atoms with Gasteiger partial charge in [0.15, 0.2) is 0 Å². The van der Waals surface area contributed by atoms with Crippen molar-refractivity contribution in [2.45, 2.75) is 0 Å². The average molecular weight is 224 g/mol. The van der Waals surface area contributed by atoms with Gasteiger partial charge in [-0.05, 0) is 17.7 Å². The molecule has 84 valence electrons. The molecule has 0 aliphatic heterocycles. The van der Waals surface area contributed by atoms with Gasteiger partial charge in [0, 0.05) is 5.56 Å². The van der Waals surface area contributed by atoms with E-state index in [1.807, 2.05) is 48.5 Å². The van der Waals surface area contributed by atoms with Crippen LogP contribution in [0.5, 0.6) is 0 Å². The van der Waals surface area contributed by atoms with Crippen molar-refractivity contribution >= 4 is 12.1 Å². The summed E-state index contributed by atoms with van der Waals surface area (Å²) in [4.78, 5) is 11.6. The molecular weight excluding hydrogens is 212 g/mol. The van der Waals surface area contributed by atoms with Crippen molar-refractivity contribution in [1.29, 1.82) is 0 Å². The molecule has 0 bridgehead atoms. The first-order valence-corrected chi connectivity index (χ1v) is 5.30. The lowest BCUT2D eigenvalue weighted by atomic mass is 10.2. The monoisotopic (exact) mass is 224 g/mol. The second kappa shape index (κ2) is 5.61. The van der Waals surface area contributed by atoms with E-state index in [4.69, 9.17) is 0 Å². The number of rotatable bonds is 3. The van der Waals surface area contributed by atoms with E-state index in [0.29, 0.717) is 5.56 Å². The molecular formula is C14H12N2O. The second-order valence-corrected chi connectivity index (χ2v) is 3.48. The van der Waals surface area contributed by atoms with Crippen molar-refractivity contribution < 1.29 is 4.79 Å². The molecule has 17 heavy (non-hydrogen) atoms. The number of carbonyl (C=O) groups excluding carboxylic acids is 1. The summed E-state index contributed by atoms with van der Waals surface area (Å²) < 4.78 is 0. The van der Waals surface area contributed by atoms with Gasteiger partial charge in [-0.25, -0.2) is 5.43 Å². The SMILES string of the molecule is O=C(N/N=C\c1ccccc1)c1ccccc1. The van der Waals surface area contributed by atoms with Gasteiger partial charge in [0.1, 0.15) is 0 Å². The van der Waals surface area contributed by atoms with Crippen LogP contribution in [0.1, 0.15) is 15.9 Å². The number of carbonyl (C=O) groups is 1. The molecule has 2 aromatic rings. The minimum atomic E-state index is -0.210. The summed E-state index contributed by atoms with van der Waals surface area (Å²) in [6.45, 7) is 0. The van der Waals surface area contributed by atoms with Crippen LogP contribution >= 0.6 is 0 Å². The number of amides is 1. The van der Waals surface area contributed by atoms with Crippen LogP contribution in [0.25, 0.3) is 0 Å². The van der Waals surface area contributed by atoms with Crippen LogP contribution in [0.3, 0.4) is 0 Å². The van der Waals surface area contributed by atoms with Gasteiger partial charge in [0.05, 0.1) is 6.21 Å². The Morgan fingerprint density at radius 3 is 2.18 bits per heavy atom. The van der Waals surface area contributed by atoms with Gasteiger partial charge in [0.2, 0.25) is 0 Å². The highest BCUT2D eigenvalue weighted by atomic mass is 16.2. The standard InChI is InChI=1S/C14H12N2O/c17-14(13-9-5-2-6-10-13)16-15-11-12-7-3-1-4-8-12/h1-11H,(H,16,17)/b15-11-. The van der Waals surface area contributed by atoms with Gasteiger partial charge < -0.3 is 0 Å². The van der Waals surface area contributed by atoms with Gasteiger partial charge in [0.25, 0.3) is 5.91 Å². The summed E-state index contributed by atoms with van der Waals surface area (Å²) in [6, 6.07) is 18.6. The Morgan fingerprint density at radius 2 is 1.53 bits per heavy atom. The van der Waals surface area contributed by atoms with E-state index in [-0.39, 0.29) is 5.91 Å². The van der Waals surface area contributed by atoms with E-state index in [9.17, 15) is 4.79 Å². The van der Waals surface area contributed by atoms with E-state index in [1.54, 1.807) is 18.3 Å². The first-order chi connectivity index (χ1) is 8.36. The molecule has 0 heterocycles. The largest absolute Gasteiger partial charge is 0.271 e. The van der Waals surface area contributed by atoms with Gasteiger partial charge >= 0.3 is 0 Å². The zero-order chi connectivity index (χ0) is 11.9. The Kier molecular flexibility index (Phi) is 3.65. The van der Waals surface area contributed by atoms with Crippen LogP contribution in [0.2, 0.25) is 0 Å². The lowest BCUT2D eigenvalue weighted by molar-refractivity contribution is 0.0955. The van der Waals surface area contributed by atoms with Gasteiger partial charge in [-0.1, -0.05) is 48.5 Å². The van der Waals surface area contributed by atoms with Gasteiger partial charge in [-0.2, -0.15) is 5.10 Å². The predicted octanol–water partition coefficient (Wildman–Crippen LogP) is 2.45. The lowest BCUT2D eigenvalue weighted by Crippen LogP contribution is -2.17. The summed E-state index contributed by atoms with van der Waals surface area (Å²) in [5.41, 5.74) is 4.02. The van der Waals surface area contributed by atoms with E-state index in [2.05, 4.69) is 10.5 Å². The van der Waals surface area contributed by atoms with Crippen molar-refractivity contribution in [3.63, 3.8) is 0 Å². The maximum absolute atomic E-state index is 11.6. The quantitative estimate of drug-likeness (QED) is 0.631. The van der Waals surface area contributed by atoms with Gasteiger partial charge in [-0.3, -0.25) is 4.79 Å². The smallest absolute Gasteiger partial charge is 0.267 e. The Labute approximate surface area is 99.8 Å². The first-order valence-electron chi connectivity index (χ1n) is 5.30. The minimum Gasteiger partial charge on any atom is -0.267 e. The average Bonchev–Trinajstić information content (AvgIpc) is 2.41. The molecule has 1 N–H and O–H groups in total. The molecule has 3 heteroatoms. The van der Waals surface area contributed by atoms with E-state index in [0.717, 1.165) is 5.56 Å². The number of hydrazone groups is 1. The summed E-state index contributed by atoms with van der Waals surface area (Å²) in [7, 11) is 0. The summed E-state index contributed by atoms with van der Waals surface area (Å²) in [5.74, 6) is -0.210. The van der Waals surface area contributed by atoms with Crippen LogP contribution in [0.15, 0.2) is 65.8 Å². The molecule has 0 aliphatic carbocycles. The molecule has 0 spiro atoms. The van der Waals surface area contributed by atoms with Crippen molar-refractivity contribution in [3.8, 4) is 0 Å². The fourth-order valence-electron chi connectivity index (χ4n) is 1.36. The van der Waals surface area contributed by atoms with Crippen LogP contribution in [-0.4, -0.2) is 12.1 Å². The van der Waals surface area contributed by atoms with Crippen LogP contribution < -0.4 is 5.43 Å². The van der Waals surface area contributed by atoms with Crippen LogP contribution in [-0.2, 0) is 0 Å². The van der Waals surface area contributed by atoms with E-state index >= 15 is 0 Å². The normalized spacial score (nSPS) is 10.4. The Morgan fingerprint density at radius 1 is 0.941 bits per heavy atom. The summed E-state index contributed by atoms with van der Waals surface area (Å²) in [6.07, 6.45) is 1.61. The third-order valence-corrected chi connectivity index (χ3v) is 2.22. The molecule has 0 saturated heterocycles. The van der Waals surface area contributed by atoms with E-state index < -0.39 is 0 Å². The summed E-state index contributed by atoms with van der Waals surface area (Å²) >= 11 is 0. The Bertz CT molecular complexity index is 506. The molecule has 2 aromatic carbocycles. The maximum atomic E-state index is 11.6. The van der Waals surface area contributed by atoms with E-state index in [1.165, 1.54) is 0 Å². The van der Waals surface area contributed by atoms with Crippen molar-refractivity contribution in [1.82, 2.24) is 5.43 Å². The predicted molar refractivity (Wildman–Crippen MR) is 67.9 cm³/mol. The van der Waals surface area contributed by atoms with Crippen LogP contribution in [0.4, 0.5) is 0 Å². The maximum Gasteiger partial charge on any atom is 0.271 e. The molecule has 0 aliphatic rings. The zero-order valence-corrected chi connectivity index (χ0v) is 9.21. The summed E-state index contributed by atoms with van der Waals surface area (Å²) in [5, 5.41) is 3.89. The molecule has 0 atom stereocenters. The minimum absolute atomic E-state index is 0.210. The highest BCUT2D eigenvalue weighted by Gasteiger charge is 2.00. The number of hydrogen-bond donors (Lipinski definition) is 1.